The number of nitrogens with zero attached hydrogens (tertiary/aromatic N) is 5. The van der Waals surface area contributed by atoms with Crippen LogP contribution in [0.4, 0.5) is 5.82 Å². The molecule has 164 valence electrons. The lowest BCUT2D eigenvalue weighted by Crippen LogP contribution is -2.46. The molecule has 2 saturated heterocycles. The van der Waals surface area contributed by atoms with Crippen LogP contribution in [0.15, 0.2) is 23.3 Å². The van der Waals surface area contributed by atoms with Gasteiger partial charge in [-0.1, -0.05) is 13.3 Å². The highest BCUT2D eigenvalue weighted by Gasteiger charge is 2.17. The second kappa shape index (κ2) is 13.2. The predicted molar refractivity (Wildman–Crippen MR) is 132 cm³/mol. The number of hydrogen-bond acceptors (Lipinski definition) is 5. The summed E-state index contributed by atoms with van der Waals surface area (Å²) in [6.45, 7) is 13.0. The molecular formula is C21H38IN7. The molecule has 8 heteroatoms. The summed E-state index contributed by atoms with van der Waals surface area (Å²) in [5.74, 6) is 1.95. The van der Waals surface area contributed by atoms with Crippen LogP contribution in [0.2, 0.25) is 0 Å². The van der Waals surface area contributed by atoms with Crippen molar-refractivity contribution in [2.45, 2.75) is 32.7 Å². The SMILES string of the molecule is CCN1CCN(c2cc(CNC(=NC)NCCN3CCCCC3)ccn2)CC1.I. The minimum Gasteiger partial charge on any atom is -0.355 e. The minimum atomic E-state index is 0. The first-order valence-electron chi connectivity index (χ1n) is 10.9. The third-order valence-corrected chi connectivity index (χ3v) is 5.81. The van der Waals surface area contributed by atoms with Crippen LogP contribution >= 0.6 is 24.0 Å². The number of guanidine groups is 1. The Morgan fingerprint density at radius 3 is 2.48 bits per heavy atom. The molecule has 0 bridgehead atoms. The molecule has 0 aliphatic carbocycles. The quantitative estimate of drug-likeness (QED) is 0.329. The summed E-state index contributed by atoms with van der Waals surface area (Å²) >= 11 is 0. The van der Waals surface area contributed by atoms with Crippen LogP contribution in [-0.4, -0.2) is 86.7 Å². The van der Waals surface area contributed by atoms with Gasteiger partial charge in [-0.2, -0.15) is 0 Å². The second-order valence-electron chi connectivity index (χ2n) is 7.70. The Morgan fingerprint density at radius 1 is 1.03 bits per heavy atom. The molecule has 2 fully saturated rings. The van der Waals surface area contributed by atoms with Gasteiger partial charge in [0.2, 0.25) is 0 Å². The second-order valence-corrected chi connectivity index (χ2v) is 7.70. The summed E-state index contributed by atoms with van der Waals surface area (Å²) < 4.78 is 0. The van der Waals surface area contributed by atoms with E-state index in [-0.39, 0.29) is 24.0 Å². The number of likely N-dealkylation sites (tertiary alicyclic amines) is 1. The summed E-state index contributed by atoms with van der Waals surface area (Å²) in [4.78, 5) is 16.4. The molecule has 0 amide bonds. The lowest BCUT2D eigenvalue weighted by Gasteiger charge is -2.34. The van der Waals surface area contributed by atoms with Crippen molar-refractivity contribution >= 4 is 35.8 Å². The zero-order chi connectivity index (χ0) is 19.6. The van der Waals surface area contributed by atoms with E-state index in [0.717, 1.165) is 64.1 Å². The van der Waals surface area contributed by atoms with E-state index in [2.05, 4.69) is 54.4 Å². The van der Waals surface area contributed by atoms with Crippen LogP contribution in [0.25, 0.3) is 0 Å². The molecule has 1 aromatic rings. The van der Waals surface area contributed by atoms with Gasteiger partial charge in [0.05, 0.1) is 0 Å². The van der Waals surface area contributed by atoms with E-state index in [4.69, 9.17) is 0 Å². The number of halogens is 1. The minimum absolute atomic E-state index is 0. The Kier molecular flexibility index (Phi) is 11.0. The predicted octanol–water partition coefficient (Wildman–Crippen LogP) is 1.99. The highest BCUT2D eigenvalue weighted by molar-refractivity contribution is 14.0. The first kappa shape index (κ1) is 24.1. The van der Waals surface area contributed by atoms with Gasteiger partial charge in [0.25, 0.3) is 0 Å². The molecule has 7 nitrogen and oxygen atoms in total. The number of rotatable bonds is 7. The number of piperazine rings is 1. The lowest BCUT2D eigenvalue weighted by atomic mass is 10.1. The maximum Gasteiger partial charge on any atom is 0.191 e. The molecule has 29 heavy (non-hydrogen) atoms. The van der Waals surface area contributed by atoms with Crippen LogP contribution < -0.4 is 15.5 Å². The molecule has 2 aliphatic heterocycles. The van der Waals surface area contributed by atoms with Gasteiger partial charge in [-0.25, -0.2) is 4.98 Å². The highest BCUT2D eigenvalue weighted by Crippen LogP contribution is 2.15. The van der Waals surface area contributed by atoms with Gasteiger partial charge >= 0.3 is 0 Å². The fraction of sp³-hybridized carbons (Fsp3) is 0.714. The Morgan fingerprint density at radius 2 is 1.79 bits per heavy atom. The van der Waals surface area contributed by atoms with Crippen molar-refractivity contribution in [1.29, 1.82) is 0 Å². The molecule has 0 atom stereocenters. The molecule has 0 unspecified atom stereocenters. The van der Waals surface area contributed by atoms with Crippen LogP contribution in [0, 0.1) is 0 Å². The Bertz CT molecular complexity index is 611. The number of aromatic nitrogens is 1. The fourth-order valence-electron chi connectivity index (χ4n) is 3.96. The van der Waals surface area contributed by atoms with Gasteiger partial charge in [0, 0.05) is 59.1 Å². The number of likely N-dealkylation sites (N-methyl/N-ethyl adjacent to an activating group) is 1. The molecule has 0 spiro atoms. The summed E-state index contributed by atoms with van der Waals surface area (Å²) in [7, 11) is 1.83. The van der Waals surface area contributed by atoms with Crippen molar-refractivity contribution in [3.05, 3.63) is 23.9 Å². The first-order chi connectivity index (χ1) is 13.8. The normalized spacial score (nSPS) is 19.0. The Labute approximate surface area is 193 Å². The zero-order valence-electron chi connectivity index (χ0n) is 18.1. The Hall–Kier alpha value is -1.13. The lowest BCUT2D eigenvalue weighted by molar-refractivity contribution is 0.232. The summed E-state index contributed by atoms with van der Waals surface area (Å²) in [6, 6.07) is 4.29. The van der Waals surface area contributed by atoms with Crippen molar-refractivity contribution in [3.8, 4) is 0 Å². The van der Waals surface area contributed by atoms with E-state index in [1.807, 2.05) is 13.2 Å². The van der Waals surface area contributed by atoms with Crippen LogP contribution in [0.1, 0.15) is 31.7 Å². The number of piperidine rings is 1. The van der Waals surface area contributed by atoms with Gasteiger partial charge in [-0.3, -0.25) is 4.99 Å². The van der Waals surface area contributed by atoms with E-state index in [0.29, 0.717) is 0 Å². The van der Waals surface area contributed by atoms with Crippen LogP contribution in [-0.2, 0) is 6.54 Å². The largest absolute Gasteiger partial charge is 0.355 e. The number of nitrogens with one attached hydrogen (secondary N) is 2. The number of pyridine rings is 1. The monoisotopic (exact) mass is 515 g/mol. The smallest absolute Gasteiger partial charge is 0.191 e. The molecule has 0 aromatic carbocycles. The van der Waals surface area contributed by atoms with Gasteiger partial charge in [0.1, 0.15) is 5.82 Å². The number of hydrogen-bond donors (Lipinski definition) is 2. The van der Waals surface area contributed by atoms with E-state index in [1.54, 1.807) is 0 Å². The summed E-state index contributed by atoms with van der Waals surface area (Å²) in [5, 5.41) is 6.88. The maximum atomic E-state index is 4.59. The van der Waals surface area contributed by atoms with Gasteiger partial charge in [-0.15, -0.1) is 24.0 Å². The molecule has 1 aromatic heterocycles. The molecule has 3 heterocycles. The topological polar surface area (TPSA) is 59.0 Å². The zero-order valence-corrected chi connectivity index (χ0v) is 20.4. The van der Waals surface area contributed by atoms with Crippen molar-refractivity contribution in [3.63, 3.8) is 0 Å². The Balaban J connectivity index is 0.00000300. The number of anilines is 1. The average Bonchev–Trinajstić information content (AvgIpc) is 2.77. The highest BCUT2D eigenvalue weighted by atomic mass is 127. The van der Waals surface area contributed by atoms with Crippen molar-refractivity contribution < 1.29 is 0 Å². The molecule has 0 saturated carbocycles. The molecule has 2 N–H and O–H groups in total. The van der Waals surface area contributed by atoms with E-state index in [9.17, 15) is 0 Å². The summed E-state index contributed by atoms with van der Waals surface area (Å²) in [6.07, 6.45) is 5.98. The molecule has 0 radical (unpaired) electrons. The first-order valence-corrected chi connectivity index (χ1v) is 10.9. The number of aliphatic imine (C=N–C) groups is 1. The van der Waals surface area contributed by atoms with Crippen molar-refractivity contribution in [2.75, 3.05) is 70.9 Å². The van der Waals surface area contributed by atoms with E-state index >= 15 is 0 Å². The third-order valence-electron chi connectivity index (χ3n) is 5.81. The van der Waals surface area contributed by atoms with E-state index in [1.165, 1.54) is 37.9 Å². The molecular weight excluding hydrogens is 477 g/mol. The van der Waals surface area contributed by atoms with Gasteiger partial charge in [-0.05, 0) is 50.2 Å². The van der Waals surface area contributed by atoms with Gasteiger partial charge in [0.15, 0.2) is 5.96 Å². The van der Waals surface area contributed by atoms with E-state index < -0.39 is 0 Å². The van der Waals surface area contributed by atoms with Crippen LogP contribution in [0.3, 0.4) is 0 Å². The van der Waals surface area contributed by atoms with Crippen LogP contribution in [0.5, 0.6) is 0 Å². The van der Waals surface area contributed by atoms with Crippen molar-refractivity contribution in [1.82, 2.24) is 25.4 Å². The maximum absolute atomic E-state index is 4.59. The average molecular weight is 515 g/mol. The van der Waals surface area contributed by atoms with Gasteiger partial charge < -0.3 is 25.3 Å². The summed E-state index contributed by atoms with van der Waals surface area (Å²) in [5.41, 5.74) is 1.24. The molecule has 2 aliphatic rings. The van der Waals surface area contributed by atoms with Crippen molar-refractivity contribution in [2.24, 2.45) is 4.99 Å². The molecule has 3 rings (SSSR count). The fourth-order valence-corrected chi connectivity index (χ4v) is 3.96. The standard InChI is InChI=1S/C21H37N7.HI/c1-3-26-13-15-28(16-14-26)20-17-19(7-8-23-20)18-25-21(22-2)24-9-12-27-10-5-4-6-11-27;/h7-8,17H,3-6,9-16,18H2,1-2H3,(H2,22,24,25);1H. The third kappa shape index (κ3) is 7.90.